The average molecular weight is 414 g/mol. The maximum atomic E-state index is 14.5. The molecule has 5 heteroatoms. The van der Waals surface area contributed by atoms with Crippen molar-refractivity contribution >= 4 is 0 Å². The van der Waals surface area contributed by atoms with Gasteiger partial charge in [-0.25, -0.2) is 8.78 Å². The lowest BCUT2D eigenvalue weighted by Crippen LogP contribution is -2.01. The second-order valence-electron chi connectivity index (χ2n) is 7.21. The van der Waals surface area contributed by atoms with E-state index in [1.165, 1.54) is 18.2 Å². The molecule has 30 heavy (non-hydrogen) atoms. The maximum Gasteiger partial charge on any atom is 0.201 e. The maximum absolute atomic E-state index is 14.5. The van der Waals surface area contributed by atoms with E-state index >= 15 is 0 Å². The van der Waals surface area contributed by atoms with Crippen LogP contribution in [0, 0.1) is 24.4 Å². The van der Waals surface area contributed by atoms with Crippen molar-refractivity contribution in [2.24, 2.45) is 0 Å². The van der Waals surface area contributed by atoms with Gasteiger partial charge < -0.3 is 9.47 Å². The fourth-order valence-corrected chi connectivity index (χ4v) is 3.06. The molecule has 3 aromatic carbocycles. The van der Waals surface area contributed by atoms with E-state index in [0.717, 1.165) is 30.4 Å². The minimum Gasteiger partial charge on any atom is -0.490 e. The van der Waals surface area contributed by atoms with E-state index in [1.807, 2.05) is 0 Å². The highest BCUT2D eigenvalue weighted by Gasteiger charge is 2.16. The molecule has 0 aromatic heterocycles. The molecule has 0 aliphatic carbocycles. The van der Waals surface area contributed by atoms with E-state index in [0.29, 0.717) is 12.2 Å². The first-order valence-corrected chi connectivity index (χ1v) is 10.1. The highest BCUT2D eigenvalue weighted by Crippen LogP contribution is 2.30. The summed E-state index contributed by atoms with van der Waals surface area (Å²) in [5.41, 5.74) is 2.30. The molecule has 0 fully saturated rings. The summed E-state index contributed by atoms with van der Waals surface area (Å²) >= 11 is 0. The lowest BCUT2D eigenvalue weighted by atomic mass is 10.0. The third-order valence-corrected chi connectivity index (χ3v) is 4.80. The van der Waals surface area contributed by atoms with Gasteiger partial charge in [-0.2, -0.15) is 4.39 Å². The summed E-state index contributed by atoms with van der Waals surface area (Å²) in [5, 5.41) is 0. The number of halogens is 3. The number of benzene rings is 3. The molecule has 2 nitrogen and oxygen atoms in total. The quantitative estimate of drug-likeness (QED) is 0.344. The van der Waals surface area contributed by atoms with E-state index in [9.17, 15) is 13.2 Å². The van der Waals surface area contributed by atoms with Crippen LogP contribution < -0.4 is 9.47 Å². The first kappa shape index (κ1) is 21.8. The molecule has 0 N–H and O–H groups in total. The normalized spacial score (nSPS) is 10.8. The number of hydrogen-bond donors (Lipinski definition) is 0. The Morgan fingerprint density at radius 3 is 2.20 bits per heavy atom. The average Bonchev–Trinajstić information content (AvgIpc) is 2.74. The second kappa shape index (κ2) is 10.2. The summed E-state index contributed by atoms with van der Waals surface area (Å²) in [6.07, 6.45) is 2.81. The van der Waals surface area contributed by atoms with Gasteiger partial charge in [0.1, 0.15) is 6.61 Å². The fraction of sp³-hybridized carbons (Fsp3) is 0.280. The predicted molar refractivity (Wildman–Crippen MR) is 112 cm³/mol. The van der Waals surface area contributed by atoms with E-state index in [-0.39, 0.29) is 23.7 Å². The van der Waals surface area contributed by atoms with Crippen LogP contribution in [-0.2, 0) is 6.61 Å². The first-order valence-electron chi connectivity index (χ1n) is 10.1. The Labute approximate surface area is 175 Å². The number of rotatable bonds is 9. The molecule has 0 saturated heterocycles. The molecular weight excluding hydrogens is 389 g/mol. The zero-order chi connectivity index (χ0) is 21.5. The highest BCUT2D eigenvalue weighted by molar-refractivity contribution is 5.65. The molecule has 0 atom stereocenters. The molecule has 0 radical (unpaired) electrons. The Morgan fingerprint density at radius 2 is 1.50 bits per heavy atom. The molecule has 158 valence electrons. The van der Waals surface area contributed by atoms with Gasteiger partial charge >= 0.3 is 0 Å². The molecule has 0 bridgehead atoms. The number of aryl methyl sites for hydroxylation is 1. The van der Waals surface area contributed by atoms with E-state index in [4.69, 9.17) is 9.47 Å². The van der Waals surface area contributed by atoms with Crippen molar-refractivity contribution in [3.05, 3.63) is 83.2 Å². The highest BCUT2D eigenvalue weighted by atomic mass is 19.2. The van der Waals surface area contributed by atoms with Crippen molar-refractivity contribution in [2.45, 2.75) is 39.7 Å². The van der Waals surface area contributed by atoms with Gasteiger partial charge in [-0.15, -0.1) is 0 Å². The first-order chi connectivity index (χ1) is 14.5. The lowest BCUT2D eigenvalue weighted by molar-refractivity contribution is 0.286. The Balaban J connectivity index is 1.67. The van der Waals surface area contributed by atoms with Crippen molar-refractivity contribution in [2.75, 3.05) is 6.61 Å². The molecule has 0 saturated carbocycles. The van der Waals surface area contributed by atoms with Crippen molar-refractivity contribution in [1.29, 1.82) is 0 Å². The van der Waals surface area contributed by atoms with Gasteiger partial charge in [0.05, 0.1) is 6.61 Å². The molecule has 0 heterocycles. The summed E-state index contributed by atoms with van der Waals surface area (Å²) in [6, 6.07) is 14.6. The van der Waals surface area contributed by atoms with Crippen LogP contribution in [0.1, 0.15) is 37.3 Å². The van der Waals surface area contributed by atoms with Gasteiger partial charge in [0.2, 0.25) is 5.82 Å². The van der Waals surface area contributed by atoms with Crippen molar-refractivity contribution in [3.8, 4) is 22.6 Å². The monoisotopic (exact) mass is 414 g/mol. The van der Waals surface area contributed by atoms with E-state index in [2.05, 4.69) is 6.92 Å². The number of unbranched alkanes of at least 4 members (excludes halogenated alkanes) is 2. The van der Waals surface area contributed by atoms with Gasteiger partial charge in [0.15, 0.2) is 23.1 Å². The predicted octanol–water partition coefficient (Wildman–Crippen LogP) is 7.23. The molecule has 0 aliphatic rings. The van der Waals surface area contributed by atoms with Crippen molar-refractivity contribution in [1.82, 2.24) is 0 Å². The third-order valence-electron chi connectivity index (χ3n) is 4.80. The van der Waals surface area contributed by atoms with Crippen LogP contribution >= 0.6 is 0 Å². The SMILES string of the molecule is CCCCCOc1ccc(-c2ccc(COc3ccc(C)cc3F)cc2)c(F)c1F. The molecule has 3 rings (SSSR count). The molecule has 3 aromatic rings. The Hall–Kier alpha value is -2.95. The number of hydrogen-bond acceptors (Lipinski definition) is 2. The van der Waals surface area contributed by atoms with Gasteiger partial charge in [-0.3, -0.25) is 0 Å². The Morgan fingerprint density at radius 1 is 0.767 bits per heavy atom. The topological polar surface area (TPSA) is 18.5 Å². The summed E-state index contributed by atoms with van der Waals surface area (Å²) in [4.78, 5) is 0. The van der Waals surface area contributed by atoms with E-state index < -0.39 is 17.5 Å². The smallest absolute Gasteiger partial charge is 0.201 e. The van der Waals surface area contributed by atoms with Gasteiger partial charge in [0, 0.05) is 5.56 Å². The van der Waals surface area contributed by atoms with Crippen LogP contribution in [0.25, 0.3) is 11.1 Å². The van der Waals surface area contributed by atoms with Crippen LogP contribution in [0.4, 0.5) is 13.2 Å². The Bertz CT molecular complexity index is 984. The standard InChI is InChI=1S/C25H25F3O2/c1-3-4-5-14-29-23-13-11-20(24(27)25(23)28)19-9-7-18(8-10-19)16-30-22-12-6-17(2)15-21(22)26/h6-13,15H,3-5,14,16H2,1-2H3. The zero-order valence-electron chi connectivity index (χ0n) is 17.2. The molecule has 0 amide bonds. The summed E-state index contributed by atoms with van der Waals surface area (Å²) in [7, 11) is 0. The minimum absolute atomic E-state index is 0.0718. The van der Waals surface area contributed by atoms with Crippen LogP contribution in [0.5, 0.6) is 11.5 Å². The van der Waals surface area contributed by atoms with Crippen molar-refractivity contribution < 1.29 is 22.6 Å². The minimum atomic E-state index is -0.980. The van der Waals surface area contributed by atoms with Gasteiger partial charge in [0.25, 0.3) is 0 Å². The summed E-state index contributed by atoms with van der Waals surface area (Å²) in [6.45, 7) is 4.40. The fourth-order valence-electron chi connectivity index (χ4n) is 3.06. The Kier molecular flexibility index (Phi) is 7.39. The number of ether oxygens (including phenoxy) is 2. The van der Waals surface area contributed by atoms with Crippen LogP contribution in [0.2, 0.25) is 0 Å². The van der Waals surface area contributed by atoms with Crippen LogP contribution in [-0.4, -0.2) is 6.61 Å². The lowest BCUT2D eigenvalue weighted by Gasteiger charge is -2.11. The second-order valence-corrected chi connectivity index (χ2v) is 7.21. The molecule has 0 aliphatic heterocycles. The zero-order valence-corrected chi connectivity index (χ0v) is 17.2. The molecule has 0 unspecified atom stereocenters. The molecule has 0 spiro atoms. The van der Waals surface area contributed by atoms with Crippen LogP contribution in [0.3, 0.4) is 0 Å². The van der Waals surface area contributed by atoms with Gasteiger partial charge in [-0.1, -0.05) is 50.1 Å². The van der Waals surface area contributed by atoms with Crippen molar-refractivity contribution in [3.63, 3.8) is 0 Å². The summed E-state index contributed by atoms with van der Waals surface area (Å²) < 4.78 is 53.6. The van der Waals surface area contributed by atoms with Gasteiger partial charge in [-0.05, 0) is 54.3 Å². The third kappa shape index (κ3) is 5.35. The summed E-state index contributed by atoms with van der Waals surface area (Å²) in [5.74, 6) is -2.23. The van der Waals surface area contributed by atoms with E-state index in [1.54, 1.807) is 43.3 Å². The molecular formula is C25H25F3O2. The largest absolute Gasteiger partial charge is 0.490 e. The van der Waals surface area contributed by atoms with Crippen LogP contribution in [0.15, 0.2) is 54.6 Å².